The van der Waals surface area contributed by atoms with Gasteiger partial charge < -0.3 is 19.0 Å². The van der Waals surface area contributed by atoms with Gasteiger partial charge in [0.25, 0.3) is 0 Å². The molecule has 1 rings (SSSR count). The lowest BCUT2D eigenvalue weighted by molar-refractivity contribution is 0.0708. The summed E-state index contributed by atoms with van der Waals surface area (Å²) in [6, 6.07) is 10.4. The minimum atomic E-state index is -2.32. The first kappa shape index (κ1) is 20.1. The van der Waals surface area contributed by atoms with E-state index in [4.69, 9.17) is 19.0 Å². The number of rotatable bonds is 9. The molecule has 0 aliphatic carbocycles. The first-order valence-corrected chi connectivity index (χ1v) is 9.79. The molecule has 0 aliphatic rings. The van der Waals surface area contributed by atoms with Gasteiger partial charge in [-0.05, 0) is 39.3 Å². The predicted molar refractivity (Wildman–Crippen MR) is 91.2 cm³/mol. The average molecular weight is 314 g/mol. The van der Waals surface area contributed by atoms with Gasteiger partial charge in [-0.2, -0.15) is 0 Å². The third-order valence-electron chi connectivity index (χ3n) is 2.73. The number of anilines is 1. The number of para-hydroxylation sites is 1. The van der Waals surface area contributed by atoms with Crippen molar-refractivity contribution in [1.29, 1.82) is 0 Å². The largest absolute Gasteiger partial charge is 0.500 e. The minimum Gasteiger partial charge on any atom is -0.399 e. The van der Waals surface area contributed by atoms with E-state index in [1.54, 1.807) is 0 Å². The second kappa shape index (κ2) is 12.8. The highest BCUT2D eigenvalue weighted by atomic mass is 28.4. The lowest BCUT2D eigenvalue weighted by atomic mass is 10.3. The molecular formula is C16H31NO3Si. The van der Waals surface area contributed by atoms with E-state index in [0.717, 1.165) is 24.6 Å². The maximum atomic E-state index is 5.71. The molecule has 4 nitrogen and oxygen atoms in total. The molecule has 0 radical (unpaired) electrons. The van der Waals surface area contributed by atoms with E-state index in [-0.39, 0.29) is 0 Å². The topological polar surface area (TPSA) is 53.7 Å². The molecule has 0 saturated heterocycles. The predicted octanol–water partition coefficient (Wildman–Crippen LogP) is 4.10. The summed E-state index contributed by atoms with van der Waals surface area (Å²) in [4.78, 5) is 0. The average Bonchev–Trinajstić information content (AvgIpc) is 2.47. The van der Waals surface area contributed by atoms with Crippen molar-refractivity contribution in [2.75, 3.05) is 25.6 Å². The van der Waals surface area contributed by atoms with Crippen LogP contribution in [0.25, 0.3) is 0 Å². The van der Waals surface area contributed by atoms with Gasteiger partial charge in [0.05, 0.1) is 0 Å². The van der Waals surface area contributed by atoms with Gasteiger partial charge in [0.1, 0.15) is 0 Å². The summed E-state index contributed by atoms with van der Waals surface area (Å²) >= 11 is 0. The fourth-order valence-corrected chi connectivity index (χ4v) is 4.64. The Morgan fingerprint density at radius 3 is 1.62 bits per heavy atom. The van der Waals surface area contributed by atoms with Crippen LogP contribution in [0.3, 0.4) is 0 Å². The van der Waals surface area contributed by atoms with Crippen LogP contribution in [0.5, 0.6) is 0 Å². The van der Waals surface area contributed by atoms with Crippen molar-refractivity contribution in [3.05, 3.63) is 30.3 Å². The molecule has 0 spiro atoms. The number of nitrogen functional groups attached to an aromatic ring is 1. The zero-order valence-electron chi connectivity index (χ0n) is 13.9. The van der Waals surface area contributed by atoms with Gasteiger partial charge in [-0.15, -0.1) is 0 Å². The van der Waals surface area contributed by atoms with Crippen molar-refractivity contribution in [3.8, 4) is 0 Å². The van der Waals surface area contributed by atoms with Crippen LogP contribution in [0.2, 0.25) is 6.04 Å². The molecule has 122 valence electrons. The highest BCUT2D eigenvalue weighted by Crippen LogP contribution is 2.18. The van der Waals surface area contributed by atoms with Crippen LogP contribution in [-0.2, 0) is 13.3 Å². The fourth-order valence-electron chi connectivity index (χ4n) is 1.85. The van der Waals surface area contributed by atoms with E-state index >= 15 is 0 Å². The minimum absolute atomic E-state index is 0.677. The number of hydrogen-bond acceptors (Lipinski definition) is 4. The standard InChI is InChI=1S/C10H24O3Si.C6H7N/c1-5-9-10-14(11-6-2,12-7-3)13-8-4;7-6-4-2-1-3-5-6/h5-10H2,1-4H3;1-5H,7H2. The van der Waals surface area contributed by atoms with Gasteiger partial charge in [-0.1, -0.05) is 31.5 Å². The molecule has 0 atom stereocenters. The highest BCUT2D eigenvalue weighted by Gasteiger charge is 2.39. The van der Waals surface area contributed by atoms with Crippen molar-refractivity contribution in [3.63, 3.8) is 0 Å². The molecule has 0 unspecified atom stereocenters. The fraction of sp³-hybridized carbons (Fsp3) is 0.625. The number of nitrogens with two attached hydrogens (primary N) is 1. The van der Waals surface area contributed by atoms with Crippen LogP contribution < -0.4 is 5.73 Å². The van der Waals surface area contributed by atoms with Crippen molar-refractivity contribution in [2.24, 2.45) is 0 Å². The van der Waals surface area contributed by atoms with Crippen molar-refractivity contribution in [2.45, 2.75) is 46.6 Å². The molecule has 0 heterocycles. The second-order valence-corrected chi connectivity index (χ2v) is 7.23. The van der Waals surface area contributed by atoms with Gasteiger partial charge in [0.15, 0.2) is 0 Å². The van der Waals surface area contributed by atoms with E-state index in [2.05, 4.69) is 6.92 Å². The smallest absolute Gasteiger partial charge is 0.399 e. The first-order chi connectivity index (χ1) is 10.1. The van der Waals surface area contributed by atoms with Crippen LogP contribution in [0.1, 0.15) is 40.5 Å². The SMILES string of the molecule is CCCC[Si](OCC)(OCC)OCC.Nc1ccccc1. The maximum Gasteiger partial charge on any atom is 0.500 e. The molecular weight excluding hydrogens is 282 g/mol. The third kappa shape index (κ3) is 9.63. The Bertz CT molecular complexity index is 319. The Kier molecular flexibility index (Phi) is 12.3. The Balaban J connectivity index is 0.000000471. The maximum absolute atomic E-state index is 5.71. The summed E-state index contributed by atoms with van der Waals surface area (Å²) in [5.74, 6) is 0. The molecule has 5 heteroatoms. The second-order valence-electron chi connectivity index (χ2n) is 4.50. The van der Waals surface area contributed by atoms with Crippen LogP contribution >= 0.6 is 0 Å². The molecule has 2 N–H and O–H groups in total. The Morgan fingerprint density at radius 1 is 0.857 bits per heavy atom. The zero-order chi connectivity index (χ0) is 16.0. The molecule has 0 saturated carbocycles. The Morgan fingerprint density at radius 2 is 1.33 bits per heavy atom. The van der Waals surface area contributed by atoms with Gasteiger partial charge in [-0.3, -0.25) is 0 Å². The van der Waals surface area contributed by atoms with Gasteiger partial charge >= 0.3 is 8.80 Å². The van der Waals surface area contributed by atoms with Crippen molar-refractivity contribution in [1.82, 2.24) is 0 Å². The van der Waals surface area contributed by atoms with Crippen LogP contribution in [-0.4, -0.2) is 28.6 Å². The molecule has 0 bridgehead atoms. The van der Waals surface area contributed by atoms with E-state index in [1.165, 1.54) is 0 Å². The Labute approximate surface area is 131 Å². The number of unbranched alkanes of at least 4 members (excludes halogenated alkanes) is 1. The summed E-state index contributed by atoms with van der Waals surface area (Å²) in [6.07, 6.45) is 2.27. The summed E-state index contributed by atoms with van der Waals surface area (Å²) in [6.45, 7) is 10.2. The van der Waals surface area contributed by atoms with E-state index in [1.807, 2.05) is 51.1 Å². The molecule has 21 heavy (non-hydrogen) atoms. The van der Waals surface area contributed by atoms with Crippen LogP contribution in [0.15, 0.2) is 30.3 Å². The number of hydrogen-bond donors (Lipinski definition) is 1. The quantitative estimate of drug-likeness (QED) is 0.551. The highest BCUT2D eigenvalue weighted by molar-refractivity contribution is 6.60. The van der Waals surface area contributed by atoms with E-state index < -0.39 is 8.80 Å². The summed E-state index contributed by atoms with van der Waals surface area (Å²) in [5.41, 5.74) is 6.18. The van der Waals surface area contributed by atoms with E-state index in [9.17, 15) is 0 Å². The van der Waals surface area contributed by atoms with Gasteiger partial charge in [0.2, 0.25) is 0 Å². The van der Waals surface area contributed by atoms with Crippen LogP contribution in [0.4, 0.5) is 5.69 Å². The molecule has 0 aliphatic heterocycles. The third-order valence-corrected chi connectivity index (χ3v) is 5.88. The molecule has 0 amide bonds. The van der Waals surface area contributed by atoms with Crippen molar-refractivity contribution < 1.29 is 13.3 Å². The molecule has 1 aromatic carbocycles. The van der Waals surface area contributed by atoms with Crippen LogP contribution in [0, 0.1) is 0 Å². The van der Waals surface area contributed by atoms with Crippen molar-refractivity contribution >= 4 is 14.5 Å². The normalized spacial score (nSPS) is 10.9. The number of benzene rings is 1. The molecule has 0 aromatic heterocycles. The zero-order valence-corrected chi connectivity index (χ0v) is 14.9. The first-order valence-electron chi connectivity index (χ1n) is 7.86. The molecule has 0 fully saturated rings. The summed E-state index contributed by atoms with van der Waals surface area (Å²) < 4.78 is 17.1. The van der Waals surface area contributed by atoms with Gasteiger partial charge in [-0.25, -0.2) is 0 Å². The molecule has 1 aromatic rings. The summed E-state index contributed by atoms with van der Waals surface area (Å²) in [5, 5.41) is 0. The monoisotopic (exact) mass is 313 g/mol. The summed E-state index contributed by atoms with van der Waals surface area (Å²) in [7, 11) is -2.32. The Hall–Kier alpha value is -0.883. The van der Waals surface area contributed by atoms with E-state index in [0.29, 0.717) is 19.8 Å². The lowest BCUT2D eigenvalue weighted by Gasteiger charge is -2.28. The van der Waals surface area contributed by atoms with Gasteiger partial charge in [0, 0.05) is 31.6 Å². The lowest BCUT2D eigenvalue weighted by Crippen LogP contribution is -2.45.